The molecule has 1 aromatic heterocycles. The zero-order chi connectivity index (χ0) is 21.7. The van der Waals surface area contributed by atoms with Gasteiger partial charge in [0.1, 0.15) is 5.75 Å². The highest BCUT2D eigenvalue weighted by molar-refractivity contribution is 6.03. The molecule has 0 aliphatic rings. The number of carbonyl (C=O) groups is 1. The van der Waals surface area contributed by atoms with Crippen molar-refractivity contribution in [2.75, 3.05) is 12.4 Å². The summed E-state index contributed by atoms with van der Waals surface area (Å²) >= 11 is 0. The molecule has 0 spiro atoms. The summed E-state index contributed by atoms with van der Waals surface area (Å²) < 4.78 is 43.3. The van der Waals surface area contributed by atoms with Gasteiger partial charge in [0.15, 0.2) is 0 Å². The Morgan fingerprint density at radius 1 is 1.13 bits per heavy atom. The van der Waals surface area contributed by atoms with Crippen LogP contribution in [0.15, 0.2) is 54.6 Å². The number of pyridine rings is 1. The predicted octanol–water partition coefficient (Wildman–Crippen LogP) is 5.87. The van der Waals surface area contributed by atoms with Crippen LogP contribution in [0.25, 0.3) is 17.0 Å². The standard InChI is InChI=1S/C23H21F3N2O2/c1-3-4-17-14-21(30-2)19-13-18(10-11-20(19)27-17)28-22(29)12-7-15-5-8-16(9-6-15)23(24,25)26/h5-14H,3-4H2,1-2H3,(H,28,29)/b12-7+. The van der Waals surface area contributed by atoms with Crippen LogP contribution in [0.5, 0.6) is 5.75 Å². The van der Waals surface area contributed by atoms with Crippen LogP contribution in [-0.4, -0.2) is 18.0 Å². The quantitative estimate of drug-likeness (QED) is 0.514. The zero-order valence-corrected chi connectivity index (χ0v) is 16.6. The molecular weight excluding hydrogens is 393 g/mol. The maximum absolute atomic E-state index is 12.6. The van der Waals surface area contributed by atoms with Gasteiger partial charge in [0, 0.05) is 28.9 Å². The van der Waals surface area contributed by atoms with E-state index in [2.05, 4.69) is 17.2 Å². The molecule has 7 heteroatoms. The maximum atomic E-state index is 12.6. The van der Waals surface area contributed by atoms with Crippen LogP contribution >= 0.6 is 0 Å². The van der Waals surface area contributed by atoms with E-state index in [0.29, 0.717) is 17.0 Å². The molecule has 156 valence electrons. The van der Waals surface area contributed by atoms with Crippen molar-refractivity contribution in [1.82, 2.24) is 4.98 Å². The number of amides is 1. The number of methoxy groups -OCH3 is 1. The number of hydrogen-bond acceptors (Lipinski definition) is 3. The van der Waals surface area contributed by atoms with Gasteiger partial charge in [-0.15, -0.1) is 0 Å². The lowest BCUT2D eigenvalue weighted by atomic mass is 10.1. The van der Waals surface area contributed by atoms with E-state index in [1.165, 1.54) is 24.3 Å². The van der Waals surface area contributed by atoms with Crippen molar-refractivity contribution in [3.05, 3.63) is 71.4 Å². The highest BCUT2D eigenvalue weighted by atomic mass is 19.4. The summed E-state index contributed by atoms with van der Waals surface area (Å²) in [7, 11) is 1.59. The Labute approximate surface area is 172 Å². The number of aryl methyl sites for hydroxylation is 1. The number of nitrogens with one attached hydrogen (secondary N) is 1. The molecule has 0 atom stereocenters. The van der Waals surface area contributed by atoms with Crippen molar-refractivity contribution in [3.8, 4) is 5.75 Å². The molecule has 1 N–H and O–H groups in total. The van der Waals surface area contributed by atoms with Gasteiger partial charge in [0.2, 0.25) is 5.91 Å². The van der Waals surface area contributed by atoms with E-state index >= 15 is 0 Å². The van der Waals surface area contributed by atoms with Crippen molar-refractivity contribution < 1.29 is 22.7 Å². The van der Waals surface area contributed by atoms with E-state index in [9.17, 15) is 18.0 Å². The zero-order valence-electron chi connectivity index (χ0n) is 16.6. The lowest BCUT2D eigenvalue weighted by Gasteiger charge is -2.10. The lowest BCUT2D eigenvalue weighted by Crippen LogP contribution is -2.08. The van der Waals surface area contributed by atoms with Gasteiger partial charge in [0.05, 0.1) is 18.2 Å². The first-order valence-electron chi connectivity index (χ1n) is 9.44. The second kappa shape index (κ2) is 8.98. The fourth-order valence-electron chi connectivity index (χ4n) is 3.02. The summed E-state index contributed by atoms with van der Waals surface area (Å²) in [4.78, 5) is 16.8. The van der Waals surface area contributed by atoms with Crippen LogP contribution in [0.4, 0.5) is 18.9 Å². The van der Waals surface area contributed by atoms with E-state index in [1.807, 2.05) is 12.1 Å². The largest absolute Gasteiger partial charge is 0.496 e. The summed E-state index contributed by atoms with van der Waals surface area (Å²) in [6.07, 6.45) is 0.159. The van der Waals surface area contributed by atoms with Gasteiger partial charge in [-0.2, -0.15) is 13.2 Å². The average molecular weight is 414 g/mol. The first-order chi connectivity index (χ1) is 14.3. The summed E-state index contributed by atoms with van der Waals surface area (Å²) in [5, 5.41) is 3.52. The Hall–Kier alpha value is -3.35. The van der Waals surface area contributed by atoms with Gasteiger partial charge in [-0.1, -0.05) is 25.5 Å². The number of ether oxygens (including phenoxy) is 1. The highest BCUT2D eigenvalue weighted by Crippen LogP contribution is 2.30. The Kier molecular flexibility index (Phi) is 6.40. The smallest absolute Gasteiger partial charge is 0.416 e. The Morgan fingerprint density at radius 3 is 2.50 bits per heavy atom. The summed E-state index contributed by atoms with van der Waals surface area (Å²) in [5.41, 5.74) is 2.04. The minimum Gasteiger partial charge on any atom is -0.496 e. The van der Waals surface area contributed by atoms with Crippen LogP contribution in [0.3, 0.4) is 0 Å². The number of nitrogens with zero attached hydrogens (tertiary/aromatic N) is 1. The molecule has 0 aliphatic heterocycles. The van der Waals surface area contributed by atoms with E-state index in [1.54, 1.807) is 19.2 Å². The number of hydrogen-bond donors (Lipinski definition) is 1. The summed E-state index contributed by atoms with van der Waals surface area (Å²) in [5.74, 6) is 0.281. The van der Waals surface area contributed by atoms with Crippen LogP contribution in [-0.2, 0) is 17.4 Å². The first-order valence-corrected chi connectivity index (χ1v) is 9.44. The van der Waals surface area contributed by atoms with Gasteiger partial charge < -0.3 is 10.1 Å². The van der Waals surface area contributed by atoms with Crippen LogP contribution < -0.4 is 10.1 Å². The third kappa shape index (κ3) is 5.17. The van der Waals surface area contributed by atoms with Gasteiger partial charge in [0.25, 0.3) is 0 Å². The minimum absolute atomic E-state index is 0.399. The lowest BCUT2D eigenvalue weighted by molar-refractivity contribution is -0.137. The molecule has 4 nitrogen and oxygen atoms in total. The first kappa shape index (κ1) is 21.4. The number of alkyl halides is 3. The molecule has 0 aliphatic carbocycles. The normalized spacial score (nSPS) is 11.8. The van der Waals surface area contributed by atoms with Crippen molar-refractivity contribution >= 4 is 28.6 Å². The molecule has 0 bridgehead atoms. The van der Waals surface area contributed by atoms with Gasteiger partial charge >= 0.3 is 6.18 Å². The Balaban J connectivity index is 1.74. The van der Waals surface area contributed by atoms with Crippen LogP contribution in [0.1, 0.15) is 30.2 Å². The number of halogens is 3. The second-order valence-electron chi connectivity index (χ2n) is 6.74. The molecule has 3 rings (SSSR count). The fraction of sp³-hybridized carbons (Fsp3) is 0.217. The fourth-order valence-corrected chi connectivity index (χ4v) is 3.02. The molecule has 3 aromatic rings. The van der Waals surface area contributed by atoms with E-state index < -0.39 is 17.6 Å². The molecule has 0 unspecified atom stereocenters. The number of carbonyl (C=O) groups excluding carboxylic acids is 1. The summed E-state index contributed by atoms with van der Waals surface area (Å²) in [6.45, 7) is 2.08. The van der Waals surface area contributed by atoms with E-state index in [0.717, 1.165) is 41.6 Å². The number of fused-ring (bicyclic) bond motifs is 1. The number of anilines is 1. The predicted molar refractivity (Wildman–Crippen MR) is 111 cm³/mol. The molecule has 1 heterocycles. The Bertz CT molecular complexity index is 1070. The molecule has 0 saturated heterocycles. The monoisotopic (exact) mass is 414 g/mol. The third-order valence-corrected chi connectivity index (χ3v) is 4.48. The van der Waals surface area contributed by atoms with Crippen molar-refractivity contribution in [3.63, 3.8) is 0 Å². The maximum Gasteiger partial charge on any atom is 0.416 e. The topological polar surface area (TPSA) is 51.2 Å². The van der Waals surface area contributed by atoms with Crippen molar-refractivity contribution in [2.24, 2.45) is 0 Å². The number of aromatic nitrogens is 1. The molecule has 2 aromatic carbocycles. The summed E-state index contributed by atoms with van der Waals surface area (Å²) in [6, 6.07) is 11.8. The van der Waals surface area contributed by atoms with Crippen LogP contribution in [0.2, 0.25) is 0 Å². The minimum atomic E-state index is -4.39. The van der Waals surface area contributed by atoms with Crippen molar-refractivity contribution in [1.29, 1.82) is 0 Å². The number of rotatable bonds is 6. The molecule has 30 heavy (non-hydrogen) atoms. The van der Waals surface area contributed by atoms with Gasteiger partial charge in [-0.05, 0) is 48.4 Å². The van der Waals surface area contributed by atoms with E-state index in [-0.39, 0.29) is 0 Å². The Morgan fingerprint density at radius 2 is 1.87 bits per heavy atom. The third-order valence-electron chi connectivity index (χ3n) is 4.48. The van der Waals surface area contributed by atoms with Gasteiger partial charge in [-0.3, -0.25) is 9.78 Å². The SMILES string of the molecule is CCCc1cc(OC)c2cc(NC(=O)/C=C/c3ccc(C(F)(F)F)cc3)ccc2n1. The number of benzene rings is 2. The molecule has 0 radical (unpaired) electrons. The average Bonchev–Trinajstić information content (AvgIpc) is 2.72. The highest BCUT2D eigenvalue weighted by Gasteiger charge is 2.29. The molecule has 0 fully saturated rings. The van der Waals surface area contributed by atoms with Crippen LogP contribution in [0, 0.1) is 0 Å². The van der Waals surface area contributed by atoms with Gasteiger partial charge in [-0.25, -0.2) is 0 Å². The molecular formula is C23H21F3N2O2. The molecule has 0 saturated carbocycles. The molecule has 1 amide bonds. The van der Waals surface area contributed by atoms with E-state index in [4.69, 9.17) is 4.74 Å². The second-order valence-corrected chi connectivity index (χ2v) is 6.74. The van der Waals surface area contributed by atoms with Crippen molar-refractivity contribution in [2.45, 2.75) is 25.9 Å².